The maximum Gasteiger partial charge on any atom is 0.233 e. The van der Waals surface area contributed by atoms with E-state index in [-0.39, 0.29) is 18.2 Å². The van der Waals surface area contributed by atoms with Crippen LogP contribution in [0.25, 0.3) is 0 Å². The van der Waals surface area contributed by atoms with Crippen molar-refractivity contribution in [2.24, 2.45) is 0 Å². The van der Waals surface area contributed by atoms with Crippen molar-refractivity contribution in [3.8, 4) is 0 Å². The van der Waals surface area contributed by atoms with Gasteiger partial charge in [-0.3, -0.25) is 14.6 Å². The van der Waals surface area contributed by atoms with Gasteiger partial charge in [0.15, 0.2) is 0 Å². The van der Waals surface area contributed by atoms with Crippen molar-refractivity contribution in [1.82, 2.24) is 9.88 Å². The fraction of sp³-hybridized carbons (Fsp3) is 0.316. The van der Waals surface area contributed by atoms with E-state index in [4.69, 9.17) is 16.3 Å². The van der Waals surface area contributed by atoms with Crippen molar-refractivity contribution < 1.29 is 14.3 Å². The zero-order valence-electron chi connectivity index (χ0n) is 14.9. The van der Waals surface area contributed by atoms with Gasteiger partial charge in [0, 0.05) is 43.3 Å². The summed E-state index contributed by atoms with van der Waals surface area (Å²) in [5, 5.41) is 3.30. The minimum Gasteiger partial charge on any atom is -0.383 e. The lowest BCUT2D eigenvalue weighted by molar-refractivity contribution is -0.135. The normalized spacial score (nSPS) is 10.4. The van der Waals surface area contributed by atoms with Crippen LogP contribution in [0.2, 0.25) is 5.02 Å². The molecule has 1 N–H and O–H groups in total. The van der Waals surface area contributed by atoms with Crippen LogP contribution in [-0.2, 0) is 20.9 Å². The fourth-order valence-electron chi connectivity index (χ4n) is 2.39. The third-order valence-corrected chi connectivity index (χ3v) is 4.28. The number of nitrogens with one attached hydrogen (secondary N) is 1. The number of hydrogen-bond donors (Lipinski definition) is 1. The zero-order chi connectivity index (χ0) is 18.9. The predicted molar refractivity (Wildman–Crippen MR) is 101 cm³/mol. The predicted octanol–water partition coefficient (Wildman–Crippen LogP) is 3.05. The van der Waals surface area contributed by atoms with Crippen LogP contribution in [0.15, 0.2) is 42.7 Å². The Kier molecular flexibility index (Phi) is 7.56. The van der Waals surface area contributed by atoms with Gasteiger partial charge in [-0.2, -0.15) is 0 Å². The maximum absolute atomic E-state index is 12.6. The average molecular weight is 376 g/mol. The molecule has 0 saturated carbocycles. The minimum atomic E-state index is -0.381. The summed E-state index contributed by atoms with van der Waals surface area (Å²) in [6.45, 7) is 2.97. The number of halogens is 1. The quantitative estimate of drug-likeness (QED) is 0.720. The zero-order valence-corrected chi connectivity index (χ0v) is 15.6. The van der Waals surface area contributed by atoms with E-state index in [1.54, 1.807) is 42.6 Å². The van der Waals surface area contributed by atoms with Crippen molar-refractivity contribution in [3.63, 3.8) is 0 Å². The number of nitrogens with zero attached hydrogens (tertiary/aromatic N) is 2. The molecule has 0 bridgehead atoms. The fourth-order valence-corrected chi connectivity index (χ4v) is 2.57. The van der Waals surface area contributed by atoms with Gasteiger partial charge in [-0.15, -0.1) is 0 Å². The van der Waals surface area contributed by atoms with E-state index in [0.29, 0.717) is 30.4 Å². The van der Waals surface area contributed by atoms with Gasteiger partial charge in [0.05, 0.1) is 6.61 Å². The van der Waals surface area contributed by atoms with E-state index in [1.165, 1.54) is 0 Å². The number of amides is 2. The topological polar surface area (TPSA) is 71.5 Å². The summed E-state index contributed by atoms with van der Waals surface area (Å²) in [6.07, 6.45) is 3.12. The molecule has 2 amide bonds. The Morgan fingerprint density at radius 2 is 2.08 bits per heavy atom. The number of pyridine rings is 1. The Morgan fingerprint density at radius 1 is 1.27 bits per heavy atom. The highest BCUT2D eigenvalue weighted by Crippen LogP contribution is 2.23. The highest BCUT2D eigenvalue weighted by molar-refractivity contribution is 6.31. The minimum absolute atomic E-state index is 0.254. The highest BCUT2D eigenvalue weighted by Gasteiger charge is 2.18. The van der Waals surface area contributed by atoms with Gasteiger partial charge in [0.1, 0.15) is 6.42 Å². The van der Waals surface area contributed by atoms with Crippen molar-refractivity contribution in [1.29, 1.82) is 0 Å². The van der Waals surface area contributed by atoms with Gasteiger partial charge in [-0.1, -0.05) is 23.7 Å². The van der Waals surface area contributed by atoms with Crippen LogP contribution in [0.1, 0.15) is 17.5 Å². The molecule has 0 fully saturated rings. The van der Waals surface area contributed by atoms with E-state index >= 15 is 0 Å². The molecular weight excluding hydrogens is 354 g/mol. The first kappa shape index (κ1) is 19.9. The molecule has 1 heterocycles. The number of anilines is 1. The molecule has 26 heavy (non-hydrogen) atoms. The Balaban J connectivity index is 2.00. The summed E-state index contributed by atoms with van der Waals surface area (Å²) in [5.74, 6) is -0.656. The third-order valence-electron chi connectivity index (χ3n) is 3.87. The Bertz CT molecular complexity index is 753. The molecular formula is C19H22ClN3O3. The average Bonchev–Trinajstić information content (AvgIpc) is 2.63. The number of carbonyl (C=O) groups excluding carboxylic acids is 2. The molecule has 0 aliphatic rings. The van der Waals surface area contributed by atoms with Crippen LogP contribution in [0.5, 0.6) is 0 Å². The lowest BCUT2D eigenvalue weighted by Gasteiger charge is -2.22. The lowest BCUT2D eigenvalue weighted by Crippen LogP contribution is -2.35. The molecule has 0 aliphatic carbocycles. The summed E-state index contributed by atoms with van der Waals surface area (Å²) in [5.41, 5.74) is 2.26. The van der Waals surface area contributed by atoms with Gasteiger partial charge in [0.25, 0.3) is 0 Å². The number of ether oxygens (including phenoxy) is 1. The first-order valence-corrected chi connectivity index (χ1v) is 8.59. The van der Waals surface area contributed by atoms with Gasteiger partial charge in [-0.05, 0) is 36.2 Å². The maximum atomic E-state index is 12.6. The van der Waals surface area contributed by atoms with E-state index in [9.17, 15) is 9.59 Å². The second kappa shape index (κ2) is 9.89. The highest BCUT2D eigenvalue weighted by atomic mass is 35.5. The monoisotopic (exact) mass is 375 g/mol. The molecule has 0 aliphatic heterocycles. The molecule has 0 radical (unpaired) electrons. The first-order valence-electron chi connectivity index (χ1n) is 8.22. The van der Waals surface area contributed by atoms with Crippen LogP contribution >= 0.6 is 11.6 Å². The molecule has 2 aromatic rings. The Morgan fingerprint density at radius 3 is 2.77 bits per heavy atom. The Hall–Kier alpha value is -2.44. The van der Waals surface area contributed by atoms with E-state index < -0.39 is 0 Å². The van der Waals surface area contributed by atoms with Gasteiger partial charge < -0.3 is 15.0 Å². The molecule has 6 nitrogen and oxygen atoms in total. The van der Waals surface area contributed by atoms with Gasteiger partial charge in [-0.25, -0.2) is 0 Å². The number of methoxy groups -OCH3 is 1. The smallest absolute Gasteiger partial charge is 0.233 e. The second-order valence-corrected chi connectivity index (χ2v) is 6.21. The molecule has 0 saturated heterocycles. The van der Waals surface area contributed by atoms with Crippen LogP contribution < -0.4 is 5.32 Å². The molecule has 0 atom stereocenters. The van der Waals surface area contributed by atoms with Gasteiger partial charge in [0.2, 0.25) is 11.8 Å². The molecule has 0 spiro atoms. The summed E-state index contributed by atoms with van der Waals surface area (Å²) >= 11 is 6.05. The molecule has 138 valence electrons. The third kappa shape index (κ3) is 5.82. The molecule has 1 aromatic carbocycles. The largest absolute Gasteiger partial charge is 0.383 e. The molecule has 2 rings (SSSR count). The van der Waals surface area contributed by atoms with Crippen LogP contribution in [0, 0.1) is 6.92 Å². The first-order chi connectivity index (χ1) is 12.5. The van der Waals surface area contributed by atoms with Crippen molar-refractivity contribution in [2.45, 2.75) is 19.9 Å². The summed E-state index contributed by atoms with van der Waals surface area (Å²) in [7, 11) is 1.57. The summed E-state index contributed by atoms with van der Waals surface area (Å²) in [4.78, 5) is 30.5. The van der Waals surface area contributed by atoms with Crippen molar-refractivity contribution in [3.05, 3.63) is 58.9 Å². The van der Waals surface area contributed by atoms with Crippen LogP contribution in [0.4, 0.5) is 5.69 Å². The van der Waals surface area contributed by atoms with E-state index in [0.717, 1.165) is 11.1 Å². The number of carbonyl (C=O) groups is 2. The van der Waals surface area contributed by atoms with Crippen molar-refractivity contribution >= 4 is 29.1 Å². The van der Waals surface area contributed by atoms with Crippen molar-refractivity contribution in [2.75, 3.05) is 25.6 Å². The summed E-state index contributed by atoms with van der Waals surface area (Å²) in [6, 6.07) is 8.94. The number of rotatable bonds is 8. The Labute approximate surface area is 158 Å². The lowest BCUT2D eigenvalue weighted by atomic mass is 10.2. The molecule has 0 unspecified atom stereocenters. The van der Waals surface area contributed by atoms with E-state index in [2.05, 4.69) is 10.3 Å². The van der Waals surface area contributed by atoms with Crippen LogP contribution in [0.3, 0.4) is 0 Å². The number of benzene rings is 1. The molecule has 1 aromatic heterocycles. The van der Waals surface area contributed by atoms with Crippen LogP contribution in [-0.4, -0.2) is 42.0 Å². The SMILES string of the molecule is COCCN(Cc1cccnc1)C(=O)CC(=O)Nc1cccc(Cl)c1C. The number of aromatic nitrogens is 1. The van der Waals surface area contributed by atoms with E-state index in [1.807, 2.05) is 19.1 Å². The second-order valence-electron chi connectivity index (χ2n) is 5.81. The molecule has 7 heteroatoms. The standard InChI is InChI=1S/C19H22ClN3O3/c1-14-16(20)6-3-7-17(14)22-18(24)11-19(25)23(9-10-26-2)13-15-5-4-8-21-12-15/h3-8,12H,9-11,13H2,1-2H3,(H,22,24). The van der Waals surface area contributed by atoms with Gasteiger partial charge >= 0.3 is 0 Å². The number of hydrogen-bond acceptors (Lipinski definition) is 4. The summed E-state index contributed by atoms with van der Waals surface area (Å²) < 4.78 is 5.06.